The van der Waals surface area contributed by atoms with Gasteiger partial charge in [0.1, 0.15) is 25.8 Å². The molecule has 0 saturated carbocycles. The molecule has 0 bridgehead atoms. The van der Waals surface area contributed by atoms with Crippen molar-refractivity contribution in [3.8, 4) is 11.5 Å². The third-order valence-electron chi connectivity index (χ3n) is 5.75. The number of hydrogen-bond acceptors (Lipinski definition) is 6. The van der Waals surface area contributed by atoms with Gasteiger partial charge < -0.3 is 19.7 Å². The average molecular weight is 538 g/mol. The van der Waals surface area contributed by atoms with Crippen molar-refractivity contribution in [2.45, 2.75) is 39.8 Å². The molecule has 1 aliphatic rings. The fraction of sp³-hybridized carbons (Fsp3) is 0.440. The zero-order chi connectivity index (χ0) is 26.3. The molecular formula is C25H32ClN3O6S. The SMILES string of the molecule is CCCNC(=O)[C@@H](C)N(Cc1cccc(Cl)c1)C(=O)CN(c1ccc2c(c1)OCCO2)S(=O)(=O)CC. The van der Waals surface area contributed by atoms with Crippen molar-refractivity contribution >= 4 is 39.1 Å². The van der Waals surface area contributed by atoms with Crippen molar-refractivity contribution in [2.24, 2.45) is 0 Å². The van der Waals surface area contributed by atoms with E-state index in [9.17, 15) is 18.0 Å². The van der Waals surface area contributed by atoms with Crippen molar-refractivity contribution in [3.63, 3.8) is 0 Å². The number of carbonyl (C=O) groups excluding carboxylic acids is 2. The smallest absolute Gasteiger partial charge is 0.244 e. The number of amides is 2. The van der Waals surface area contributed by atoms with E-state index in [1.165, 1.54) is 11.8 Å². The van der Waals surface area contributed by atoms with Crippen molar-refractivity contribution in [1.82, 2.24) is 10.2 Å². The highest BCUT2D eigenvalue weighted by molar-refractivity contribution is 7.92. The molecule has 2 amide bonds. The van der Waals surface area contributed by atoms with Crippen molar-refractivity contribution in [1.29, 1.82) is 0 Å². The topological polar surface area (TPSA) is 105 Å². The van der Waals surface area contributed by atoms with Gasteiger partial charge in [-0.2, -0.15) is 0 Å². The standard InChI is InChI=1S/C25H32ClN3O6S/c1-4-11-27-25(31)18(3)28(16-19-7-6-8-20(26)14-19)24(30)17-29(36(32,33)5-2)21-9-10-22-23(15-21)35-13-12-34-22/h6-10,14-15,18H,4-5,11-13,16-17H2,1-3H3,(H,27,31)/t18-/m1/s1. The highest BCUT2D eigenvalue weighted by Crippen LogP contribution is 2.35. The van der Waals surface area contributed by atoms with E-state index in [4.69, 9.17) is 21.1 Å². The molecule has 36 heavy (non-hydrogen) atoms. The molecule has 0 aromatic heterocycles. The zero-order valence-electron chi connectivity index (χ0n) is 20.7. The van der Waals surface area contributed by atoms with Crippen LogP contribution < -0.4 is 19.1 Å². The molecule has 1 aliphatic heterocycles. The highest BCUT2D eigenvalue weighted by atomic mass is 35.5. The number of nitrogens with zero attached hydrogens (tertiary/aromatic N) is 2. The Labute approximate surface area is 217 Å². The molecule has 0 spiro atoms. The first-order valence-corrected chi connectivity index (χ1v) is 13.9. The van der Waals surface area contributed by atoms with E-state index in [0.717, 1.165) is 16.3 Å². The summed E-state index contributed by atoms with van der Waals surface area (Å²) in [5.41, 5.74) is 0.996. The fourth-order valence-corrected chi connectivity index (χ4v) is 4.98. The quantitative estimate of drug-likeness (QED) is 0.472. The number of nitrogens with one attached hydrogen (secondary N) is 1. The van der Waals surface area contributed by atoms with E-state index in [1.54, 1.807) is 49.4 Å². The lowest BCUT2D eigenvalue weighted by Crippen LogP contribution is -2.51. The van der Waals surface area contributed by atoms with Gasteiger partial charge in [-0.25, -0.2) is 8.42 Å². The Balaban J connectivity index is 1.93. The second-order valence-electron chi connectivity index (χ2n) is 8.35. The molecule has 11 heteroatoms. The van der Waals surface area contributed by atoms with Crippen LogP contribution >= 0.6 is 11.6 Å². The second-order valence-corrected chi connectivity index (χ2v) is 11.0. The van der Waals surface area contributed by atoms with Gasteiger partial charge in [-0.1, -0.05) is 30.7 Å². The van der Waals surface area contributed by atoms with Gasteiger partial charge >= 0.3 is 0 Å². The maximum absolute atomic E-state index is 13.6. The van der Waals surface area contributed by atoms with Crippen molar-refractivity contribution in [2.75, 3.05) is 36.4 Å². The molecule has 196 valence electrons. The van der Waals surface area contributed by atoms with E-state index in [0.29, 0.717) is 36.3 Å². The minimum absolute atomic E-state index is 0.0846. The molecule has 2 aromatic rings. The van der Waals surface area contributed by atoms with Gasteiger partial charge in [0.15, 0.2) is 11.5 Å². The highest BCUT2D eigenvalue weighted by Gasteiger charge is 2.31. The largest absolute Gasteiger partial charge is 0.486 e. The predicted octanol–water partition coefficient (Wildman–Crippen LogP) is 3.21. The van der Waals surface area contributed by atoms with Crippen LogP contribution in [-0.2, 0) is 26.2 Å². The summed E-state index contributed by atoms with van der Waals surface area (Å²) in [7, 11) is -3.84. The fourth-order valence-electron chi connectivity index (χ4n) is 3.72. The average Bonchev–Trinajstić information content (AvgIpc) is 2.88. The number of rotatable bonds is 11. The lowest BCUT2D eigenvalue weighted by molar-refractivity contribution is -0.139. The van der Waals surface area contributed by atoms with Gasteiger partial charge in [0, 0.05) is 24.2 Å². The van der Waals surface area contributed by atoms with Crippen LogP contribution in [0.15, 0.2) is 42.5 Å². The van der Waals surface area contributed by atoms with Crippen molar-refractivity contribution in [3.05, 3.63) is 53.1 Å². The molecule has 0 saturated heterocycles. The summed E-state index contributed by atoms with van der Waals surface area (Å²) in [4.78, 5) is 27.8. The Morgan fingerprint density at radius 2 is 1.81 bits per heavy atom. The third-order valence-corrected chi connectivity index (χ3v) is 7.73. The van der Waals surface area contributed by atoms with Gasteiger partial charge in [-0.3, -0.25) is 13.9 Å². The predicted molar refractivity (Wildman–Crippen MR) is 139 cm³/mol. The molecule has 0 radical (unpaired) electrons. The van der Waals surface area contributed by atoms with Crippen LogP contribution in [0.25, 0.3) is 0 Å². The lowest BCUT2D eigenvalue weighted by atomic mass is 10.1. The Bertz CT molecular complexity index is 1190. The first-order chi connectivity index (χ1) is 17.2. The number of hydrogen-bond donors (Lipinski definition) is 1. The summed E-state index contributed by atoms with van der Waals surface area (Å²) in [6, 6.07) is 10.9. The van der Waals surface area contributed by atoms with Crippen LogP contribution in [-0.4, -0.2) is 63.2 Å². The molecule has 0 aliphatic carbocycles. The van der Waals surface area contributed by atoms with Gasteiger partial charge in [-0.05, 0) is 50.1 Å². The molecule has 0 fully saturated rings. The summed E-state index contributed by atoms with van der Waals surface area (Å²) in [6.07, 6.45) is 0.743. The van der Waals surface area contributed by atoms with Gasteiger partial charge in [0.2, 0.25) is 21.8 Å². The molecule has 1 N–H and O–H groups in total. The van der Waals surface area contributed by atoms with Crippen LogP contribution in [0, 0.1) is 0 Å². The molecule has 3 rings (SSSR count). The molecule has 9 nitrogen and oxygen atoms in total. The van der Waals surface area contributed by atoms with Crippen LogP contribution in [0.2, 0.25) is 5.02 Å². The maximum Gasteiger partial charge on any atom is 0.244 e. The van der Waals surface area contributed by atoms with E-state index >= 15 is 0 Å². The van der Waals surface area contributed by atoms with Crippen LogP contribution in [0.3, 0.4) is 0 Å². The summed E-state index contributed by atoms with van der Waals surface area (Å²) in [5, 5.41) is 3.30. The lowest BCUT2D eigenvalue weighted by Gasteiger charge is -2.32. The van der Waals surface area contributed by atoms with Crippen LogP contribution in [0.1, 0.15) is 32.8 Å². The number of anilines is 1. The number of sulfonamides is 1. The number of benzene rings is 2. The minimum Gasteiger partial charge on any atom is -0.486 e. The molecule has 2 aromatic carbocycles. The third kappa shape index (κ3) is 6.82. The minimum atomic E-state index is -3.84. The van der Waals surface area contributed by atoms with Gasteiger partial charge in [0.25, 0.3) is 0 Å². The Morgan fingerprint density at radius 1 is 1.08 bits per heavy atom. The van der Waals surface area contributed by atoms with E-state index in [1.807, 2.05) is 6.92 Å². The normalized spacial score (nSPS) is 13.6. The van der Waals surface area contributed by atoms with Gasteiger partial charge in [-0.15, -0.1) is 0 Å². The molecular weight excluding hydrogens is 506 g/mol. The summed E-state index contributed by atoms with van der Waals surface area (Å²) in [5.74, 6) is -0.146. The summed E-state index contributed by atoms with van der Waals surface area (Å²) in [6.45, 7) is 5.87. The van der Waals surface area contributed by atoms with Crippen molar-refractivity contribution < 1.29 is 27.5 Å². The maximum atomic E-state index is 13.6. The van der Waals surface area contributed by atoms with Crippen LogP contribution in [0.5, 0.6) is 11.5 Å². The zero-order valence-corrected chi connectivity index (χ0v) is 22.3. The first-order valence-electron chi connectivity index (χ1n) is 11.9. The monoisotopic (exact) mass is 537 g/mol. The van der Waals surface area contributed by atoms with Crippen LogP contribution in [0.4, 0.5) is 5.69 Å². The van der Waals surface area contributed by atoms with Gasteiger partial charge in [0.05, 0.1) is 11.4 Å². The second kappa shape index (κ2) is 12.3. The molecule has 1 atom stereocenters. The van der Waals surface area contributed by atoms with E-state index in [-0.39, 0.29) is 23.9 Å². The van der Waals surface area contributed by atoms with E-state index in [2.05, 4.69) is 5.32 Å². The number of ether oxygens (including phenoxy) is 2. The molecule has 0 unspecified atom stereocenters. The molecule has 1 heterocycles. The summed E-state index contributed by atoms with van der Waals surface area (Å²) >= 11 is 6.13. The Morgan fingerprint density at radius 3 is 2.47 bits per heavy atom. The number of halogens is 1. The number of carbonyl (C=O) groups is 2. The number of fused-ring (bicyclic) bond motifs is 1. The Hall–Kier alpha value is -2.98. The first kappa shape index (κ1) is 27.6. The summed E-state index contributed by atoms with van der Waals surface area (Å²) < 4.78 is 38.3. The Kier molecular flexibility index (Phi) is 9.44. The van der Waals surface area contributed by atoms with E-state index < -0.39 is 28.5 Å².